The lowest BCUT2D eigenvalue weighted by Crippen LogP contribution is -2.29. The molecule has 0 atom stereocenters. The Balaban J connectivity index is 1.77. The molecular weight excluding hydrogens is 471 g/mol. The highest BCUT2D eigenvalue weighted by molar-refractivity contribution is 6.51. The molecule has 0 aliphatic carbocycles. The van der Waals surface area contributed by atoms with Crippen LogP contribution in [0.2, 0.25) is 0 Å². The molecule has 3 heterocycles. The Labute approximate surface area is 207 Å². The number of rotatable bonds is 8. The molecule has 0 amide bonds. The maximum absolute atomic E-state index is 13.9. The zero-order valence-electron chi connectivity index (χ0n) is 20.9. The number of ether oxygens (including phenoxy) is 1. The van der Waals surface area contributed by atoms with Crippen LogP contribution in [-0.2, 0) is 0 Å². The van der Waals surface area contributed by atoms with Gasteiger partial charge in [-0.2, -0.15) is 13.2 Å². The summed E-state index contributed by atoms with van der Waals surface area (Å²) < 4.78 is 47.0. The highest BCUT2D eigenvalue weighted by atomic mass is 19.4. The average Bonchev–Trinajstić information content (AvgIpc) is 3.40. The molecule has 8 nitrogen and oxygen atoms in total. The summed E-state index contributed by atoms with van der Waals surface area (Å²) in [6, 6.07) is 8.88. The molecule has 0 spiro atoms. The summed E-state index contributed by atoms with van der Waals surface area (Å²) in [4.78, 5) is 16.3. The molecule has 190 valence electrons. The van der Waals surface area contributed by atoms with Crippen LogP contribution in [0, 0.1) is 13.8 Å². The van der Waals surface area contributed by atoms with Gasteiger partial charge in [0.1, 0.15) is 17.3 Å². The molecule has 4 rings (SSSR count). The summed E-state index contributed by atoms with van der Waals surface area (Å²) in [5, 5.41) is 7.88. The molecule has 0 radical (unpaired) electrons. The lowest BCUT2D eigenvalue weighted by Gasteiger charge is -2.22. The average molecular weight is 500 g/mol. The third-order valence-electron chi connectivity index (χ3n) is 5.85. The molecule has 0 saturated heterocycles. The molecule has 1 aliphatic rings. The number of aromatic nitrogens is 4. The second-order valence-electron chi connectivity index (χ2n) is 8.47. The molecule has 1 aromatic carbocycles. The zero-order valence-corrected chi connectivity index (χ0v) is 20.9. The van der Waals surface area contributed by atoms with Crippen molar-refractivity contribution >= 4 is 22.9 Å². The number of benzene rings is 1. The molecule has 3 aromatic rings. The number of methoxy groups -OCH3 is 1. The fourth-order valence-electron chi connectivity index (χ4n) is 3.91. The van der Waals surface area contributed by atoms with Crippen molar-refractivity contribution in [3.63, 3.8) is 0 Å². The lowest BCUT2D eigenvalue weighted by atomic mass is 10.1. The van der Waals surface area contributed by atoms with E-state index >= 15 is 0 Å². The van der Waals surface area contributed by atoms with Crippen LogP contribution >= 0.6 is 0 Å². The topological polar surface area (TPSA) is 80.8 Å². The first-order valence-electron chi connectivity index (χ1n) is 11.8. The first-order chi connectivity index (χ1) is 17.2. The fraction of sp³-hybridized carbons (Fsp3) is 0.400. The number of aryl methyl sites for hydroxylation is 2. The van der Waals surface area contributed by atoms with E-state index in [1.54, 1.807) is 31.2 Å². The number of hydrogen-bond donors (Lipinski definition) is 0. The Bertz CT molecular complexity index is 1330. The number of hydrogen-bond acceptors (Lipinski definition) is 7. The van der Waals surface area contributed by atoms with Crippen LogP contribution in [0.5, 0.6) is 5.75 Å². The molecular formula is C25H28F3N7O. The second kappa shape index (κ2) is 10.1. The number of nitrogens with zero attached hydrogens (tertiary/aromatic N) is 7. The molecule has 36 heavy (non-hydrogen) atoms. The van der Waals surface area contributed by atoms with Crippen LogP contribution in [0.15, 0.2) is 40.4 Å². The van der Waals surface area contributed by atoms with Crippen molar-refractivity contribution in [3.05, 3.63) is 47.4 Å². The van der Waals surface area contributed by atoms with Gasteiger partial charge in [0, 0.05) is 13.1 Å². The van der Waals surface area contributed by atoms with Crippen molar-refractivity contribution in [3.8, 4) is 17.1 Å². The molecule has 2 aromatic heterocycles. The zero-order chi connectivity index (χ0) is 26.0. The largest absolute Gasteiger partial charge is 0.496 e. The molecule has 11 heteroatoms. The minimum absolute atomic E-state index is 0.0949. The van der Waals surface area contributed by atoms with Gasteiger partial charge in [0.15, 0.2) is 11.5 Å². The predicted molar refractivity (Wildman–Crippen MR) is 134 cm³/mol. The van der Waals surface area contributed by atoms with Crippen LogP contribution in [0.25, 0.3) is 11.4 Å². The van der Waals surface area contributed by atoms with E-state index < -0.39 is 17.6 Å². The highest BCUT2D eigenvalue weighted by Crippen LogP contribution is 2.32. The molecule has 0 N–H and O–H groups in total. The van der Waals surface area contributed by atoms with Gasteiger partial charge in [-0.05, 0) is 51.5 Å². The normalized spacial score (nSPS) is 14.2. The highest BCUT2D eigenvalue weighted by Gasteiger charge is 2.45. The standard InChI is InChI=1S/C25H28F3N7O/c1-6-8-13-34(7-2)20-12-10-18(16(4)29-20)30-21-22(25(26,27)28)32-35-24(21)31-23(33-35)17-14-15(3)9-11-19(17)36-5/h9-12,14H,6-8,13H2,1-5H3. The van der Waals surface area contributed by atoms with E-state index in [1.807, 2.05) is 19.9 Å². The van der Waals surface area contributed by atoms with Crippen molar-refractivity contribution < 1.29 is 17.9 Å². The molecule has 1 aliphatic heterocycles. The number of halogens is 3. The summed E-state index contributed by atoms with van der Waals surface area (Å²) in [7, 11) is 1.51. The molecule has 0 bridgehead atoms. The Morgan fingerprint density at radius 1 is 1.08 bits per heavy atom. The van der Waals surface area contributed by atoms with E-state index in [1.165, 1.54) is 7.11 Å². The Hall–Kier alpha value is -3.76. The van der Waals surface area contributed by atoms with E-state index in [2.05, 4.69) is 37.0 Å². The summed E-state index contributed by atoms with van der Waals surface area (Å²) >= 11 is 0. The fourth-order valence-corrected chi connectivity index (χ4v) is 3.91. The number of fused-ring (bicyclic) bond motifs is 1. The molecule has 0 unspecified atom stereocenters. The van der Waals surface area contributed by atoms with Crippen molar-refractivity contribution in [1.82, 2.24) is 19.9 Å². The van der Waals surface area contributed by atoms with E-state index in [-0.39, 0.29) is 11.6 Å². The van der Waals surface area contributed by atoms with E-state index in [0.29, 0.717) is 22.7 Å². The monoisotopic (exact) mass is 499 g/mol. The van der Waals surface area contributed by atoms with Gasteiger partial charge in [0.2, 0.25) is 5.82 Å². The summed E-state index contributed by atoms with van der Waals surface area (Å²) in [6.45, 7) is 9.40. The van der Waals surface area contributed by atoms with E-state index in [9.17, 15) is 13.2 Å². The van der Waals surface area contributed by atoms with Gasteiger partial charge in [-0.1, -0.05) is 25.0 Å². The maximum Gasteiger partial charge on any atom is 0.437 e. The number of pyridine rings is 1. The van der Waals surface area contributed by atoms with E-state index in [0.717, 1.165) is 42.1 Å². The number of anilines is 1. The Kier molecular flexibility index (Phi) is 7.09. The summed E-state index contributed by atoms with van der Waals surface area (Å²) in [5.41, 5.74) is 0.747. The first-order valence-corrected chi connectivity index (χ1v) is 11.8. The number of alkyl halides is 3. The van der Waals surface area contributed by atoms with Gasteiger partial charge in [-0.15, -0.1) is 15.0 Å². The van der Waals surface area contributed by atoms with Crippen LogP contribution in [0.4, 0.5) is 24.7 Å². The first kappa shape index (κ1) is 25.3. The second-order valence-corrected chi connectivity index (χ2v) is 8.47. The van der Waals surface area contributed by atoms with Crippen LogP contribution in [0.1, 0.15) is 43.8 Å². The van der Waals surface area contributed by atoms with Gasteiger partial charge < -0.3 is 9.64 Å². The van der Waals surface area contributed by atoms with Gasteiger partial charge in [-0.25, -0.2) is 15.0 Å². The van der Waals surface area contributed by atoms with Crippen LogP contribution < -0.4 is 9.64 Å². The van der Waals surface area contributed by atoms with Crippen molar-refractivity contribution in [2.45, 2.75) is 46.7 Å². The predicted octanol–water partition coefficient (Wildman–Crippen LogP) is 5.49. The Morgan fingerprint density at radius 2 is 1.86 bits per heavy atom. The molecule has 0 fully saturated rings. The minimum atomic E-state index is -4.73. The van der Waals surface area contributed by atoms with Gasteiger partial charge in [-0.3, -0.25) is 0 Å². The van der Waals surface area contributed by atoms with Crippen LogP contribution in [0.3, 0.4) is 0 Å². The third-order valence-corrected chi connectivity index (χ3v) is 5.85. The number of unbranched alkanes of at least 4 members (excludes halogenated alkanes) is 1. The van der Waals surface area contributed by atoms with E-state index in [4.69, 9.17) is 4.74 Å². The SMILES string of the molecule is CCCCN(CC)c1ccc(N=C2C(C(F)(F)F)=Nn3nc(-c4cc(C)ccc4OC)nc32)c(C)n1. The molecule has 0 saturated carbocycles. The smallest absolute Gasteiger partial charge is 0.437 e. The minimum Gasteiger partial charge on any atom is -0.496 e. The van der Waals surface area contributed by atoms with Crippen molar-refractivity contribution in [2.24, 2.45) is 10.1 Å². The summed E-state index contributed by atoms with van der Waals surface area (Å²) in [5.74, 6) is 1.37. The maximum atomic E-state index is 13.9. The van der Waals surface area contributed by atoms with Gasteiger partial charge in [0.05, 0.1) is 24.1 Å². The quantitative estimate of drug-likeness (QED) is 0.409. The summed E-state index contributed by atoms with van der Waals surface area (Å²) in [6.07, 6.45) is -2.66. The lowest BCUT2D eigenvalue weighted by molar-refractivity contribution is -0.0567. The van der Waals surface area contributed by atoms with Crippen LogP contribution in [-0.4, -0.2) is 57.7 Å². The van der Waals surface area contributed by atoms with Crippen molar-refractivity contribution in [1.29, 1.82) is 0 Å². The Morgan fingerprint density at radius 3 is 2.50 bits per heavy atom. The van der Waals surface area contributed by atoms with Gasteiger partial charge >= 0.3 is 6.18 Å². The third kappa shape index (κ3) is 4.95. The van der Waals surface area contributed by atoms with Gasteiger partial charge in [0.25, 0.3) is 0 Å². The van der Waals surface area contributed by atoms with Crippen molar-refractivity contribution in [2.75, 3.05) is 25.1 Å². The number of aliphatic imine (C=N–C) groups is 1.